The van der Waals surface area contributed by atoms with Gasteiger partial charge in [-0.1, -0.05) is 60.7 Å². The van der Waals surface area contributed by atoms with Crippen LogP contribution in [0.5, 0.6) is 0 Å². The maximum absolute atomic E-state index is 10.5. The van der Waals surface area contributed by atoms with Crippen LogP contribution in [0.1, 0.15) is 24.0 Å². The molecule has 1 unspecified atom stereocenters. The van der Waals surface area contributed by atoms with E-state index in [-0.39, 0.29) is 0 Å². The van der Waals surface area contributed by atoms with E-state index >= 15 is 0 Å². The zero-order valence-corrected chi connectivity index (χ0v) is 11.0. The first-order valence-electron chi connectivity index (χ1n) is 6.17. The van der Waals surface area contributed by atoms with Crippen molar-refractivity contribution in [3.63, 3.8) is 0 Å². The van der Waals surface area contributed by atoms with Crippen LogP contribution in [0.25, 0.3) is 0 Å². The molecule has 3 heteroatoms. The lowest BCUT2D eigenvalue weighted by molar-refractivity contribution is -0.138. The molecule has 0 aromatic heterocycles. The summed E-state index contributed by atoms with van der Waals surface area (Å²) in [6.45, 7) is 2.32. The molecule has 0 fully saturated rings. The predicted molar refractivity (Wildman–Crippen MR) is 76.8 cm³/mol. The van der Waals surface area contributed by atoms with Gasteiger partial charge in [-0.3, -0.25) is 4.79 Å². The Kier molecular flexibility index (Phi) is 6.33. The summed E-state index contributed by atoms with van der Waals surface area (Å²) >= 11 is 0. The number of aliphatic carboxylic acids is 1. The van der Waals surface area contributed by atoms with E-state index in [4.69, 9.17) is 10.8 Å². The van der Waals surface area contributed by atoms with Gasteiger partial charge in [-0.05, 0) is 18.1 Å². The number of benzene rings is 2. The van der Waals surface area contributed by atoms with Gasteiger partial charge in [-0.15, -0.1) is 0 Å². The molecule has 2 aromatic carbocycles. The smallest absolute Gasteiger partial charge is 0.310 e. The van der Waals surface area contributed by atoms with Crippen LogP contribution in [-0.4, -0.2) is 11.1 Å². The summed E-state index contributed by atoms with van der Waals surface area (Å²) in [5.41, 5.74) is 7.38. The fraction of sp³-hybridized carbons (Fsp3) is 0.188. The Hall–Kier alpha value is -2.13. The minimum atomic E-state index is -0.781. The fourth-order valence-electron chi connectivity index (χ4n) is 1.50. The van der Waals surface area contributed by atoms with E-state index in [1.165, 1.54) is 5.56 Å². The lowest BCUT2D eigenvalue weighted by Gasteiger charge is -2.04. The molecule has 2 rings (SSSR count). The Labute approximate surface area is 113 Å². The molecule has 100 valence electrons. The van der Waals surface area contributed by atoms with Crippen molar-refractivity contribution in [2.45, 2.75) is 19.4 Å². The van der Waals surface area contributed by atoms with Crippen molar-refractivity contribution < 1.29 is 9.90 Å². The van der Waals surface area contributed by atoms with Crippen LogP contribution < -0.4 is 5.73 Å². The monoisotopic (exact) mass is 257 g/mol. The van der Waals surface area contributed by atoms with E-state index in [2.05, 4.69) is 0 Å². The average Bonchev–Trinajstić information content (AvgIpc) is 2.48. The van der Waals surface area contributed by atoms with E-state index in [1.807, 2.05) is 60.7 Å². The van der Waals surface area contributed by atoms with Crippen molar-refractivity contribution in [3.8, 4) is 0 Å². The molecule has 0 spiro atoms. The first kappa shape index (κ1) is 14.9. The zero-order valence-electron chi connectivity index (χ0n) is 11.0. The molecule has 0 saturated heterocycles. The van der Waals surface area contributed by atoms with Gasteiger partial charge in [0, 0.05) is 6.54 Å². The number of carboxylic acids is 1. The SMILES string of the molecule is CC(C(=O)O)c1ccccc1.NCc1ccccc1. The van der Waals surface area contributed by atoms with E-state index in [0.29, 0.717) is 6.54 Å². The van der Waals surface area contributed by atoms with Crippen LogP contribution in [-0.2, 0) is 11.3 Å². The molecule has 0 radical (unpaired) electrons. The highest BCUT2D eigenvalue weighted by Gasteiger charge is 2.11. The summed E-state index contributed by atoms with van der Waals surface area (Å²) in [7, 11) is 0. The standard InChI is InChI=1S/C9H10O2.C7H9N/c1-7(9(10)11)8-5-3-2-4-6-8;8-6-7-4-2-1-3-5-7/h2-7H,1H3,(H,10,11);1-5H,6,8H2. The minimum Gasteiger partial charge on any atom is -0.481 e. The van der Waals surface area contributed by atoms with Crippen LogP contribution in [0.2, 0.25) is 0 Å². The molecule has 0 saturated carbocycles. The van der Waals surface area contributed by atoms with Crippen molar-refractivity contribution in [1.82, 2.24) is 0 Å². The molecule has 0 aliphatic carbocycles. The van der Waals surface area contributed by atoms with Crippen molar-refractivity contribution in [2.24, 2.45) is 5.73 Å². The Morgan fingerprint density at radius 3 is 1.89 bits per heavy atom. The van der Waals surface area contributed by atoms with Crippen LogP contribution in [0, 0.1) is 0 Å². The summed E-state index contributed by atoms with van der Waals surface area (Å²) in [6.07, 6.45) is 0. The Bertz CT molecular complexity index is 483. The number of carboxylic acid groups (broad SMARTS) is 1. The van der Waals surface area contributed by atoms with Crippen LogP contribution in [0.3, 0.4) is 0 Å². The number of hydrogen-bond acceptors (Lipinski definition) is 2. The third kappa shape index (κ3) is 5.36. The maximum atomic E-state index is 10.5. The maximum Gasteiger partial charge on any atom is 0.310 e. The van der Waals surface area contributed by atoms with Crippen molar-refractivity contribution in [3.05, 3.63) is 71.8 Å². The molecule has 19 heavy (non-hydrogen) atoms. The molecule has 0 aliphatic rings. The highest BCUT2D eigenvalue weighted by molar-refractivity contribution is 5.75. The molecular weight excluding hydrogens is 238 g/mol. The van der Waals surface area contributed by atoms with Crippen LogP contribution in [0.15, 0.2) is 60.7 Å². The van der Waals surface area contributed by atoms with Gasteiger partial charge in [0.1, 0.15) is 0 Å². The predicted octanol–water partition coefficient (Wildman–Crippen LogP) is 3.02. The molecule has 0 heterocycles. The normalized spacial score (nSPS) is 11.1. The van der Waals surface area contributed by atoms with Crippen molar-refractivity contribution in [2.75, 3.05) is 0 Å². The second-order valence-corrected chi connectivity index (χ2v) is 4.16. The summed E-state index contributed by atoms with van der Waals surface area (Å²) in [5.74, 6) is -1.19. The van der Waals surface area contributed by atoms with Gasteiger partial charge in [-0.2, -0.15) is 0 Å². The van der Waals surface area contributed by atoms with Gasteiger partial charge >= 0.3 is 5.97 Å². The second kappa shape index (κ2) is 8.06. The fourth-order valence-corrected chi connectivity index (χ4v) is 1.50. The first-order valence-corrected chi connectivity index (χ1v) is 6.17. The quantitative estimate of drug-likeness (QED) is 0.888. The van der Waals surface area contributed by atoms with E-state index in [0.717, 1.165) is 5.56 Å². The van der Waals surface area contributed by atoms with Crippen LogP contribution >= 0.6 is 0 Å². The lowest BCUT2D eigenvalue weighted by Crippen LogP contribution is -2.06. The molecule has 0 aliphatic heterocycles. The number of rotatable bonds is 3. The van der Waals surface area contributed by atoms with Gasteiger partial charge in [0.15, 0.2) is 0 Å². The van der Waals surface area contributed by atoms with Crippen molar-refractivity contribution >= 4 is 5.97 Å². The summed E-state index contributed by atoms with van der Waals surface area (Å²) < 4.78 is 0. The molecule has 2 aromatic rings. The zero-order chi connectivity index (χ0) is 14.1. The summed E-state index contributed by atoms with van der Waals surface area (Å²) in [6, 6.07) is 19.2. The highest BCUT2D eigenvalue weighted by atomic mass is 16.4. The van der Waals surface area contributed by atoms with Crippen molar-refractivity contribution in [1.29, 1.82) is 0 Å². The summed E-state index contributed by atoms with van der Waals surface area (Å²) in [5, 5.41) is 8.64. The van der Waals surface area contributed by atoms with Gasteiger partial charge in [0.25, 0.3) is 0 Å². The molecule has 0 amide bonds. The summed E-state index contributed by atoms with van der Waals surface area (Å²) in [4.78, 5) is 10.5. The molecule has 3 nitrogen and oxygen atoms in total. The molecule has 0 bridgehead atoms. The third-order valence-corrected chi connectivity index (χ3v) is 2.75. The first-order chi connectivity index (χ1) is 9.15. The van der Waals surface area contributed by atoms with Gasteiger partial charge < -0.3 is 10.8 Å². The van der Waals surface area contributed by atoms with E-state index < -0.39 is 11.9 Å². The largest absolute Gasteiger partial charge is 0.481 e. The lowest BCUT2D eigenvalue weighted by atomic mass is 10.0. The van der Waals surface area contributed by atoms with E-state index in [9.17, 15) is 4.79 Å². The Morgan fingerprint density at radius 2 is 1.53 bits per heavy atom. The van der Waals surface area contributed by atoms with Gasteiger partial charge in [0.05, 0.1) is 5.92 Å². The minimum absolute atomic E-state index is 0.406. The topological polar surface area (TPSA) is 63.3 Å². The third-order valence-electron chi connectivity index (χ3n) is 2.75. The number of nitrogens with two attached hydrogens (primary N) is 1. The number of hydrogen-bond donors (Lipinski definition) is 2. The van der Waals surface area contributed by atoms with Gasteiger partial charge in [-0.25, -0.2) is 0 Å². The number of carbonyl (C=O) groups is 1. The van der Waals surface area contributed by atoms with Crippen LogP contribution in [0.4, 0.5) is 0 Å². The molecular formula is C16H19NO2. The van der Waals surface area contributed by atoms with E-state index in [1.54, 1.807) is 6.92 Å². The second-order valence-electron chi connectivity index (χ2n) is 4.16. The molecule has 3 N–H and O–H groups in total. The Morgan fingerprint density at radius 1 is 1.05 bits per heavy atom. The average molecular weight is 257 g/mol. The Balaban J connectivity index is 0.000000200. The highest BCUT2D eigenvalue weighted by Crippen LogP contribution is 2.13. The van der Waals surface area contributed by atoms with Gasteiger partial charge in [0.2, 0.25) is 0 Å². The molecule has 1 atom stereocenters.